The zero-order chi connectivity index (χ0) is 29.6. The van der Waals surface area contributed by atoms with Gasteiger partial charge in [-0.2, -0.15) is 5.09 Å². The highest BCUT2D eigenvalue weighted by Gasteiger charge is 2.57. The average Bonchev–Trinajstić information content (AvgIpc) is 3.21. The van der Waals surface area contributed by atoms with E-state index in [-0.39, 0.29) is 18.2 Å². The van der Waals surface area contributed by atoms with E-state index in [1.807, 2.05) is 6.07 Å². The summed E-state index contributed by atoms with van der Waals surface area (Å²) in [7, 11) is -4.33. The van der Waals surface area contributed by atoms with E-state index in [2.05, 4.69) is 22.9 Å². The normalized spacial score (nSPS) is 26.0. The van der Waals surface area contributed by atoms with Gasteiger partial charge in [0, 0.05) is 12.3 Å². The third-order valence-electron chi connectivity index (χ3n) is 6.24. The topological polar surface area (TPSA) is 156 Å². The van der Waals surface area contributed by atoms with Crippen LogP contribution in [0.5, 0.6) is 5.75 Å². The van der Waals surface area contributed by atoms with Crippen molar-refractivity contribution in [1.29, 1.82) is 0 Å². The number of terminal acetylenes is 1. The lowest BCUT2D eigenvalue weighted by atomic mass is 9.94. The van der Waals surface area contributed by atoms with E-state index < -0.39 is 56.3 Å². The molecule has 2 aromatic rings. The van der Waals surface area contributed by atoms with Gasteiger partial charge in [-0.1, -0.05) is 61.0 Å². The van der Waals surface area contributed by atoms with Gasteiger partial charge in [0.2, 0.25) is 0 Å². The molecule has 13 heteroatoms. The molecular formula is C28H30N3O9P. The number of rotatable bonds is 11. The Morgan fingerprint density at radius 2 is 1.93 bits per heavy atom. The number of esters is 1. The van der Waals surface area contributed by atoms with Crippen molar-refractivity contribution in [2.45, 2.75) is 43.6 Å². The van der Waals surface area contributed by atoms with Crippen LogP contribution in [0.15, 0.2) is 85.3 Å². The van der Waals surface area contributed by atoms with Crippen LogP contribution in [0.4, 0.5) is 0 Å². The second-order valence-electron chi connectivity index (χ2n) is 9.24. The van der Waals surface area contributed by atoms with Crippen LogP contribution in [-0.4, -0.2) is 63.7 Å². The summed E-state index contributed by atoms with van der Waals surface area (Å²) in [5.74, 6) is 1.18. The summed E-state index contributed by atoms with van der Waals surface area (Å²) in [6.07, 6.45) is 3.60. The first-order chi connectivity index (χ1) is 19.5. The van der Waals surface area contributed by atoms with Crippen molar-refractivity contribution in [3.8, 4) is 18.1 Å². The van der Waals surface area contributed by atoms with Gasteiger partial charge in [-0.25, -0.2) is 4.57 Å². The number of nitrogens with zero attached hydrogens (tertiary/aromatic N) is 1. The Bertz CT molecular complexity index is 1380. The van der Waals surface area contributed by atoms with Crippen molar-refractivity contribution in [1.82, 2.24) is 15.3 Å². The van der Waals surface area contributed by atoms with E-state index in [9.17, 15) is 24.4 Å². The van der Waals surface area contributed by atoms with Crippen LogP contribution >= 0.6 is 7.75 Å². The first-order valence-corrected chi connectivity index (χ1v) is 14.1. The van der Waals surface area contributed by atoms with Gasteiger partial charge in [0.1, 0.15) is 36.4 Å². The summed E-state index contributed by atoms with van der Waals surface area (Å²) in [6, 6.07) is 16.0. The minimum absolute atomic E-state index is 0.00124. The minimum Gasteiger partial charge on any atom is -0.460 e. The third kappa shape index (κ3) is 7.04. The molecule has 2 aliphatic heterocycles. The number of carbonyl (C=O) groups is 2. The molecule has 0 radical (unpaired) electrons. The molecule has 2 aromatic carbocycles. The molecule has 1 amide bonds. The molecule has 4 N–H and O–H groups in total. The molecule has 6 atom stereocenters. The summed E-state index contributed by atoms with van der Waals surface area (Å²) in [6.45, 7) is 4.55. The van der Waals surface area contributed by atoms with Crippen LogP contribution in [0.1, 0.15) is 12.5 Å². The predicted octanol–water partition coefficient (Wildman–Crippen LogP) is 1.78. The zero-order valence-corrected chi connectivity index (χ0v) is 23.0. The Hall–Kier alpha value is -3.95. The number of nitrogens with one attached hydrogen (secondary N) is 2. The van der Waals surface area contributed by atoms with Crippen molar-refractivity contribution in [3.63, 3.8) is 0 Å². The van der Waals surface area contributed by atoms with E-state index in [1.54, 1.807) is 42.5 Å². The number of aliphatic hydroxyl groups is 2. The first kappa shape index (κ1) is 30.0. The van der Waals surface area contributed by atoms with E-state index in [1.165, 1.54) is 30.2 Å². The maximum absolute atomic E-state index is 13.9. The molecule has 41 heavy (non-hydrogen) atoms. The Morgan fingerprint density at radius 1 is 1.27 bits per heavy atom. The first-order valence-electron chi connectivity index (χ1n) is 12.5. The molecule has 0 bridgehead atoms. The van der Waals surface area contributed by atoms with Crippen molar-refractivity contribution in [2.24, 2.45) is 0 Å². The molecule has 2 aliphatic rings. The number of para-hydroxylation sites is 1. The fourth-order valence-corrected chi connectivity index (χ4v) is 5.57. The summed E-state index contributed by atoms with van der Waals surface area (Å²) in [5, 5.41) is 27.0. The number of hydrogen-bond acceptors (Lipinski definition) is 10. The number of carbonyl (C=O) groups excluding carboxylic acids is 2. The Balaban J connectivity index is 1.48. The number of hydrogen-bond donors (Lipinski definition) is 4. The predicted molar refractivity (Wildman–Crippen MR) is 146 cm³/mol. The number of amides is 1. The van der Waals surface area contributed by atoms with E-state index >= 15 is 0 Å². The molecule has 0 saturated carbocycles. The molecule has 1 unspecified atom stereocenters. The van der Waals surface area contributed by atoms with Crippen molar-refractivity contribution in [2.75, 3.05) is 6.61 Å². The molecule has 216 valence electrons. The monoisotopic (exact) mass is 583 g/mol. The van der Waals surface area contributed by atoms with Crippen molar-refractivity contribution < 1.29 is 42.9 Å². The maximum Gasteiger partial charge on any atom is 0.459 e. The summed E-state index contributed by atoms with van der Waals surface area (Å²) >= 11 is 0. The van der Waals surface area contributed by atoms with Crippen molar-refractivity contribution in [3.05, 3.63) is 90.9 Å². The third-order valence-corrected chi connectivity index (χ3v) is 7.88. The number of benzene rings is 2. The molecule has 0 aliphatic carbocycles. The second-order valence-corrected chi connectivity index (χ2v) is 10.9. The van der Waals surface area contributed by atoms with Gasteiger partial charge < -0.3 is 34.4 Å². The van der Waals surface area contributed by atoms with Gasteiger partial charge in [0.15, 0.2) is 11.8 Å². The summed E-state index contributed by atoms with van der Waals surface area (Å²) in [4.78, 5) is 25.5. The van der Waals surface area contributed by atoms with Crippen LogP contribution < -0.4 is 14.9 Å². The number of aliphatic hydroxyl groups excluding tert-OH is 1. The van der Waals surface area contributed by atoms with E-state index in [0.29, 0.717) is 0 Å². The average molecular weight is 584 g/mol. The molecule has 4 rings (SSSR count). The highest BCUT2D eigenvalue weighted by atomic mass is 31.2. The van der Waals surface area contributed by atoms with Gasteiger partial charge in [-0.15, -0.1) is 6.42 Å². The van der Waals surface area contributed by atoms with Crippen LogP contribution in [0, 0.1) is 12.3 Å². The smallest absolute Gasteiger partial charge is 0.459 e. The lowest BCUT2D eigenvalue weighted by molar-refractivity contribution is -0.146. The van der Waals surface area contributed by atoms with Gasteiger partial charge in [0.25, 0.3) is 5.91 Å². The van der Waals surface area contributed by atoms with Crippen molar-refractivity contribution >= 4 is 19.6 Å². The van der Waals surface area contributed by atoms with Crippen LogP contribution in [0.2, 0.25) is 0 Å². The van der Waals surface area contributed by atoms with E-state index in [4.69, 9.17) is 24.9 Å². The Morgan fingerprint density at radius 3 is 2.56 bits per heavy atom. The highest BCUT2D eigenvalue weighted by molar-refractivity contribution is 7.52. The molecule has 0 spiro atoms. The highest BCUT2D eigenvalue weighted by Crippen LogP contribution is 2.46. The van der Waals surface area contributed by atoms with Crippen LogP contribution in [0.25, 0.3) is 0 Å². The maximum atomic E-state index is 13.9. The fourth-order valence-electron chi connectivity index (χ4n) is 4.07. The van der Waals surface area contributed by atoms with E-state index in [0.717, 1.165) is 11.6 Å². The standard InChI is InChI=1S/C28H30N3O9P/c1-4-28(35)25(33)23(39-27(28)31-16-15-24(32)29-20(31)3)18-38-41(36,40-22-13-9-6-10-14-22)30-19(2)26(34)37-17-21-11-7-5-8-12-21/h1,5-16,19,23,25,27,33,35H,3,17-18H2,2H3,(H,29,32)(H,30,36)/t19-,23+,25+,27+,28+,41?/m0/s1. The molecule has 2 heterocycles. The molecular weight excluding hydrogens is 553 g/mol. The second kappa shape index (κ2) is 12.7. The van der Waals surface area contributed by atoms with Gasteiger partial charge in [-0.3, -0.25) is 14.1 Å². The SMILES string of the molecule is C#C[C@@]1(O)[C@H](O)[C@@H](COP(=O)(N[C@@H](C)C(=O)OCc2ccccc2)Oc2ccccc2)O[C@H]1N1C=CC(=O)NC1=C. The molecule has 1 fully saturated rings. The fraction of sp³-hybridized carbons (Fsp3) is 0.286. The van der Waals surface area contributed by atoms with Gasteiger partial charge in [-0.05, 0) is 24.6 Å². The van der Waals surface area contributed by atoms with Gasteiger partial charge >= 0.3 is 13.7 Å². The molecule has 0 aromatic heterocycles. The molecule has 12 nitrogen and oxygen atoms in total. The lowest BCUT2D eigenvalue weighted by Crippen LogP contribution is -2.54. The largest absolute Gasteiger partial charge is 0.460 e. The zero-order valence-electron chi connectivity index (χ0n) is 22.1. The number of ether oxygens (including phenoxy) is 2. The quantitative estimate of drug-likeness (QED) is 0.174. The lowest BCUT2D eigenvalue weighted by Gasteiger charge is -2.36. The summed E-state index contributed by atoms with van der Waals surface area (Å²) < 4.78 is 36.2. The van der Waals surface area contributed by atoms with Gasteiger partial charge in [0.05, 0.1) is 6.61 Å². The van der Waals surface area contributed by atoms with Crippen LogP contribution in [0.3, 0.4) is 0 Å². The minimum atomic E-state index is -4.33. The Kier molecular flexibility index (Phi) is 9.30. The molecule has 1 saturated heterocycles. The summed E-state index contributed by atoms with van der Waals surface area (Å²) in [5.41, 5.74) is -1.50. The van der Waals surface area contributed by atoms with Crippen LogP contribution in [-0.2, 0) is 34.8 Å². The Labute approximate surface area is 237 Å².